The molecule has 0 spiro atoms. The highest BCUT2D eigenvalue weighted by molar-refractivity contribution is 7.92. The molecule has 2 aromatic carbocycles. The summed E-state index contributed by atoms with van der Waals surface area (Å²) in [5.74, 6) is -0.764. The normalized spacial score (nSPS) is 13.9. The van der Waals surface area contributed by atoms with Gasteiger partial charge in [-0.1, -0.05) is 42.5 Å². The van der Waals surface area contributed by atoms with E-state index in [0.29, 0.717) is 12.0 Å². The van der Waals surface area contributed by atoms with Crippen molar-refractivity contribution >= 4 is 15.7 Å². The van der Waals surface area contributed by atoms with Crippen LogP contribution in [0, 0.1) is 0 Å². The molecule has 0 aromatic heterocycles. The zero-order valence-corrected chi connectivity index (χ0v) is 14.9. The van der Waals surface area contributed by atoms with Crippen LogP contribution in [0.3, 0.4) is 0 Å². The molecule has 6 nitrogen and oxygen atoms in total. The number of phenols is 1. The fraction of sp³-hybridized carbons (Fsp3) is 0.278. The highest BCUT2D eigenvalue weighted by Crippen LogP contribution is 2.29. The number of hydrogen-bond donors (Lipinski definition) is 3. The second-order valence-electron chi connectivity index (χ2n) is 6.16. The molecule has 0 saturated carbocycles. The van der Waals surface area contributed by atoms with Crippen LogP contribution in [-0.4, -0.2) is 35.6 Å². The SMILES string of the molecule is CC(CCc1ccc(-c2ccccc2O)cc1)(C(=O)NO)S(C)(=O)=O. The van der Waals surface area contributed by atoms with E-state index < -0.39 is 20.5 Å². The molecule has 2 rings (SSSR count). The lowest BCUT2D eigenvalue weighted by atomic mass is 9.97. The van der Waals surface area contributed by atoms with Gasteiger partial charge in [0.05, 0.1) is 0 Å². The lowest BCUT2D eigenvalue weighted by Gasteiger charge is -2.25. The number of aryl methyl sites for hydroxylation is 1. The van der Waals surface area contributed by atoms with E-state index in [0.717, 1.165) is 17.4 Å². The minimum atomic E-state index is -3.71. The zero-order chi connectivity index (χ0) is 18.7. The molecule has 0 radical (unpaired) electrons. The van der Waals surface area contributed by atoms with Crippen LogP contribution in [0.4, 0.5) is 0 Å². The number of hydroxylamine groups is 1. The average molecular weight is 363 g/mol. The van der Waals surface area contributed by atoms with Crippen LogP contribution in [0.2, 0.25) is 0 Å². The number of aromatic hydroxyl groups is 1. The molecule has 0 bridgehead atoms. The highest BCUT2D eigenvalue weighted by atomic mass is 32.2. The predicted octanol–water partition coefficient (Wildman–Crippen LogP) is 2.30. The second-order valence-corrected chi connectivity index (χ2v) is 8.60. The summed E-state index contributed by atoms with van der Waals surface area (Å²) in [6.45, 7) is 1.30. The average Bonchev–Trinajstić information content (AvgIpc) is 2.59. The minimum absolute atomic E-state index is 0.0359. The molecule has 25 heavy (non-hydrogen) atoms. The highest BCUT2D eigenvalue weighted by Gasteiger charge is 2.43. The minimum Gasteiger partial charge on any atom is -0.507 e. The number of amides is 1. The van der Waals surface area contributed by atoms with Gasteiger partial charge in [0.25, 0.3) is 5.91 Å². The number of rotatable bonds is 6. The van der Waals surface area contributed by atoms with Crippen molar-refractivity contribution in [3.8, 4) is 16.9 Å². The van der Waals surface area contributed by atoms with Crippen molar-refractivity contribution in [3.63, 3.8) is 0 Å². The van der Waals surface area contributed by atoms with Gasteiger partial charge in [0, 0.05) is 11.8 Å². The van der Waals surface area contributed by atoms with Gasteiger partial charge in [-0.2, -0.15) is 0 Å². The Labute approximate surface area is 147 Å². The van der Waals surface area contributed by atoms with E-state index in [-0.39, 0.29) is 12.2 Å². The number of para-hydroxylation sites is 1. The van der Waals surface area contributed by atoms with E-state index in [1.165, 1.54) is 12.4 Å². The smallest absolute Gasteiger partial charge is 0.264 e. The molecular weight excluding hydrogens is 342 g/mol. The first-order valence-electron chi connectivity index (χ1n) is 7.70. The van der Waals surface area contributed by atoms with Gasteiger partial charge in [0.2, 0.25) is 0 Å². The van der Waals surface area contributed by atoms with E-state index in [1.54, 1.807) is 18.2 Å². The van der Waals surface area contributed by atoms with Crippen LogP contribution in [0.1, 0.15) is 18.9 Å². The van der Waals surface area contributed by atoms with Gasteiger partial charge < -0.3 is 5.11 Å². The Morgan fingerprint density at radius 2 is 1.72 bits per heavy atom. The quantitative estimate of drug-likeness (QED) is 0.540. The van der Waals surface area contributed by atoms with Gasteiger partial charge in [-0.3, -0.25) is 10.0 Å². The van der Waals surface area contributed by atoms with Crippen LogP contribution in [0.5, 0.6) is 5.75 Å². The second kappa shape index (κ2) is 7.25. The Morgan fingerprint density at radius 3 is 2.24 bits per heavy atom. The zero-order valence-electron chi connectivity index (χ0n) is 14.1. The van der Waals surface area contributed by atoms with Gasteiger partial charge in [0.15, 0.2) is 9.84 Å². The molecule has 134 valence electrons. The molecule has 3 N–H and O–H groups in total. The van der Waals surface area contributed by atoms with Crippen molar-refractivity contribution < 1.29 is 23.5 Å². The van der Waals surface area contributed by atoms with Crippen molar-refractivity contribution in [2.24, 2.45) is 0 Å². The summed E-state index contributed by atoms with van der Waals surface area (Å²) in [6, 6.07) is 14.3. The molecular formula is C18H21NO5S. The van der Waals surface area contributed by atoms with Crippen LogP contribution in [0.15, 0.2) is 48.5 Å². The number of hydrogen-bond acceptors (Lipinski definition) is 5. The summed E-state index contributed by atoms with van der Waals surface area (Å²) in [7, 11) is -3.71. The van der Waals surface area contributed by atoms with E-state index in [9.17, 15) is 18.3 Å². The summed E-state index contributed by atoms with van der Waals surface area (Å²) >= 11 is 0. The van der Waals surface area contributed by atoms with Crippen molar-refractivity contribution in [2.75, 3.05) is 6.26 Å². The Morgan fingerprint density at radius 1 is 1.12 bits per heavy atom. The number of nitrogens with one attached hydrogen (secondary N) is 1. The molecule has 2 aromatic rings. The topological polar surface area (TPSA) is 104 Å². The van der Waals surface area contributed by atoms with Gasteiger partial charge in [-0.05, 0) is 37.0 Å². The standard InChI is InChI=1S/C18H21NO5S/c1-18(17(21)19-22,25(2,23)24)12-11-13-7-9-14(10-8-13)15-5-3-4-6-16(15)20/h3-10,20,22H,11-12H2,1-2H3,(H,19,21). The van der Waals surface area contributed by atoms with Crippen molar-refractivity contribution in [2.45, 2.75) is 24.5 Å². The third-order valence-corrected chi connectivity index (χ3v) is 6.49. The molecule has 0 aliphatic heterocycles. The van der Waals surface area contributed by atoms with E-state index in [2.05, 4.69) is 0 Å². The number of carbonyl (C=O) groups is 1. The molecule has 7 heteroatoms. The Balaban J connectivity index is 2.19. The van der Waals surface area contributed by atoms with Gasteiger partial charge in [-0.25, -0.2) is 13.9 Å². The number of carbonyl (C=O) groups excluding carboxylic acids is 1. The Kier molecular flexibility index (Phi) is 5.49. The monoisotopic (exact) mass is 363 g/mol. The maximum Gasteiger partial charge on any atom is 0.264 e. The van der Waals surface area contributed by atoms with Crippen molar-refractivity contribution in [1.82, 2.24) is 5.48 Å². The number of sulfone groups is 1. The predicted molar refractivity (Wildman–Crippen MR) is 95.0 cm³/mol. The first-order chi connectivity index (χ1) is 11.7. The summed E-state index contributed by atoms with van der Waals surface area (Å²) in [6.07, 6.45) is 1.36. The van der Waals surface area contributed by atoms with E-state index in [1.807, 2.05) is 30.3 Å². The molecule has 1 atom stereocenters. The van der Waals surface area contributed by atoms with Crippen molar-refractivity contribution in [1.29, 1.82) is 0 Å². The largest absolute Gasteiger partial charge is 0.507 e. The third-order valence-electron chi connectivity index (χ3n) is 4.46. The van der Waals surface area contributed by atoms with E-state index in [4.69, 9.17) is 5.21 Å². The van der Waals surface area contributed by atoms with Crippen LogP contribution >= 0.6 is 0 Å². The molecule has 1 amide bonds. The summed E-state index contributed by atoms with van der Waals surface area (Å²) in [5.41, 5.74) is 3.82. The molecule has 1 unspecified atom stereocenters. The molecule has 0 fully saturated rings. The summed E-state index contributed by atoms with van der Waals surface area (Å²) in [4.78, 5) is 11.8. The summed E-state index contributed by atoms with van der Waals surface area (Å²) < 4.78 is 22.2. The lowest BCUT2D eigenvalue weighted by molar-refractivity contribution is -0.131. The van der Waals surface area contributed by atoms with Gasteiger partial charge >= 0.3 is 0 Å². The van der Waals surface area contributed by atoms with E-state index >= 15 is 0 Å². The maximum atomic E-state index is 12.0. The van der Waals surface area contributed by atoms with Crippen LogP contribution in [-0.2, 0) is 21.1 Å². The third kappa shape index (κ3) is 4.00. The van der Waals surface area contributed by atoms with Crippen LogP contribution in [0.25, 0.3) is 11.1 Å². The maximum absolute atomic E-state index is 12.0. The lowest BCUT2D eigenvalue weighted by Crippen LogP contribution is -2.49. The van der Waals surface area contributed by atoms with Gasteiger partial charge in [0.1, 0.15) is 10.5 Å². The van der Waals surface area contributed by atoms with Crippen molar-refractivity contribution in [3.05, 3.63) is 54.1 Å². The fourth-order valence-corrected chi connectivity index (χ4v) is 3.39. The number of phenolic OH excluding ortho intramolecular Hbond substituents is 1. The first-order valence-corrected chi connectivity index (χ1v) is 9.59. The first kappa shape index (κ1) is 19.0. The molecule has 0 aliphatic carbocycles. The summed E-state index contributed by atoms with van der Waals surface area (Å²) in [5, 5.41) is 18.7. The van der Waals surface area contributed by atoms with Crippen LogP contribution < -0.4 is 5.48 Å². The van der Waals surface area contributed by atoms with Gasteiger partial charge in [-0.15, -0.1) is 0 Å². The molecule has 0 heterocycles. The number of benzene rings is 2. The Hall–Kier alpha value is -2.38. The molecule has 0 saturated heterocycles. The fourth-order valence-electron chi connectivity index (χ4n) is 2.54. The molecule has 0 aliphatic rings. The Bertz CT molecular complexity index is 861.